The second-order valence-corrected chi connectivity index (χ2v) is 10.9. The van der Waals surface area contributed by atoms with Gasteiger partial charge in [-0.3, -0.25) is 0 Å². The molecule has 0 aliphatic carbocycles. The van der Waals surface area contributed by atoms with E-state index in [9.17, 15) is 4.79 Å². The maximum atomic E-state index is 12.5. The maximum Gasteiger partial charge on any atom is 0.363 e. The van der Waals surface area contributed by atoms with Crippen LogP contribution < -0.4 is 9.47 Å². The van der Waals surface area contributed by atoms with Crippen LogP contribution >= 0.6 is 70.4 Å². The number of carbonyl (C=O) groups is 1. The molecule has 0 unspecified atom stereocenters. The van der Waals surface area contributed by atoms with Crippen LogP contribution in [0.3, 0.4) is 0 Å². The molecule has 0 fully saturated rings. The third-order valence-electron chi connectivity index (χ3n) is 4.69. The van der Waals surface area contributed by atoms with E-state index >= 15 is 0 Å². The van der Waals surface area contributed by atoms with Gasteiger partial charge in [0, 0.05) is 18.1 Å². The Morgan fingerprint density at radius 1 is 1.03 bits per heavy atom. The lowest BCUT2D eigenvalue weighted by molar-refractivity contribution is -0.129. The average molecular weight is 762 g/mol. The zero-order valence-electron chi connectivity index (χ0n) is 17.8. The molecule has 9 heteroatoms. The number of hydrogen-bond acceptors (Lipinski definition) is 5. The van der Waals surface area contributed by atoms with E-state index in [2.05, 4.69) is 75.4 Å². The van der Waals surface area contributed by atoms with Gasteiger partial charge in [-0.2, -0.15) is 0 Å². The summed E-state index contributed by atoms with van der Waals surface area (Å²) in [6, 6.07) is 17.3. The second kappa shape index (κ2) is 11.4. The Hall–Kier alpha value is -1.69. The average Bonchev–Trinajstić information content (AvgIpc) is 3.15. The molecule has 1 aliphatic rings. The Bertz CT molecular complexity index is 1320. The minimum absolute atomic E-state index is 0.210. The van der Waals surface area contributed by atoms with Gasteiger partial charge in [0.15, 0.2) is 17.2 Å². The molecule has 5 nitrogen and oxygen atoms in total. The normalized spacial score (nSPS) is 14.2. The molecule has 0 N–H and O–H groups in total. The largest absolute Gasteiger partial charge is 0.490 e. The molecule has 0 saturated heterocycles. The Morgan fingerprint density at radius 3 is 2.59 bits per heavy atom. The summed E-state index contributed by atoms with van der Waals surface area (Å²) in [4.78, 5) is 16.9. The van der Waals surface area contributed by atoms with Gasteiger partial charge in [-0.05, 0) is 121 Å². The van der Waals surface area contributed by atoms with Crippen molar-refractivity contribution in [3.05, 3.63) is 94.0 Å². The summed E-state index contributed by atoms with van der Waals surface area (Å²) in [5, 5.41) is 0. The van der Waals surface area contributed by atoms with E-state index in [1.807, 2.05) is 61.5 Å². The molecule has 3 aromatic rings. The Morgan fingerprint density at radius 2 is 1.85 bits per heavy atom. The van der Waals surface area contributed by atoms with E-state index in [1.165, 1.54) is 0 Å². The van der Waals surface area contributed by atoms with Crippen molar-refractivity contribution >= 4 is 88.3 Å². The number of halogens is 4. The summed E-state index contributed by atoms with van der Waals surface area (Å²) in [7, 11) is 0. The molecule has 0 aromatic heterocycles. The van der Waals surface area contributed by atoms with Crippen LogP contribution in [0.5, 0.6) is 11.5 Å². The first-order valence-corrected chi connectivity index (χ1v) is 13.6. The summed E-state index contributed by atoms with van der Waals surface area (Å²) in [6.45, 7) is 2.75. The van der Waals surface area contributed by atoms with Crippen LogP contribution in [0, 0.1) is 3.57 Å². The van der Waals surface area contributed by atoms with Gasteiger partial charge in [-0.25, -0.2) is 9.79 Å². The smallest absolute Gasteiger partial charge is 0.363 e. The molecule has 34 heavy (non-hydrogen) atoms. The van der Waals surface area contributed by atoms with Gasteiger partial charge >= 0.3 is 5.97 Å². The number of carbonyl (C=O) groups excluding carboxylic acids is 1. The van der Waals surface area contributed by atoms with Crippen molar-refractivity contribution in [2.75, 3.05) is 6.61 Å². The van der Waals surface area contributed by atoms with Crippen molar-refractivity contribution in [2.24, 2.45) is 4.99 Å². The number of benzene rings is 3. The lowest BCUT2D eigenvalue weighted by atomic mass is 10.1. The molecule has 0 bridgehead atoms. The second-order valence-electron chi connectivity index (χ2n) is 7.15. The van der Waals surface area contributed by atoms with Crippen LogP contribution in [0.15, 0.2) is 78.7 Å². The van der Waals surface area contributed by atoms with Crippen LogP contribution in [0.1, 0.15) is 23.6 Å². The topological polar surface area (TPSA) is 57.1 Å². The Kier molecular flexibility index (Phi) is 8.49. The summed E-state index contributed by atoms with van der Waals surface area (Å²) in [6.07, 6.45) is 1.67. The summed E-state index contributed by atoms with van der Waals surface area (Å²) < 4.78 is 20.9. The van der Waals surface area contributed by atoms with E-state index in [0.717, 1.165) is 29.2 Å². The van der Waals surface area contributed by atoms with Crippen LogP contribution in [-0.2, 0) is 16.1 Å². The van der Waals surface area contributed by atoms with Crippen molar-refractivity contribution in [1.29, 1.82) is 0 Å². The fourth-order valence-electron chi connectivity index (χ4n) is 3.18. The molecule has 1 aliphatic heterocycles. The highest BCUT2D eigenvalue weighted by Gasteiger charge is 2.25. The molecular weight excluding hydrogens is 745 g/mol. The van der Waals surface area contributed by atoms with Gasteiger partial charge in [0.1, 0.15) is 6.61 Å². The van der Waals surface area contributed by atoms with E-state index in [4.69, 9.17) is 14.2 Å². The fourth-order valence-corrected chi connectivity index (χ4v) is 4.91. The predicted octanol–water partition coefficient (Wildman–Crippen LogP) is 7.90. The number of hydrogen-bond donors (Lipinski definition) is 0. The molecule has 4 rings (SSSR count). The minimum Gasteiger partial charge on any atom is -0.490 e. The van der Waals surface area contributed by atoms with Crippen LogP contribution in [0.2, 0.25) is 0 Å². The van der Waals surface area contributed by atoms with Gasteiger partial charge in [0.25, 0.3) is 0 Å². The highest BCUT2D eigenvalue weighted by Crippen LogP contribution is 2.38. The van der Waals surface area contributed by atoms with Crippen molar-refractivity contribution < 1.29 is 19.0 Å². The van der Waals surface area contributed by atoms with Crippen molar-refractivity contribution in [2.45, 2.75) is 13.5 Å². The number of cyclic esters (lactones) is 1. The van der Waals surface area contributed by atoms with Crippen LogP contribution in [-0.4, -0.2) is 18.5 Å². The molecular formula is C25H17Br3INO4. The molecule has 0 radical (unpaired) electrons. The molecule has 0 saturated carbocycles. The third kappa shape index (κ3) is 6.10. The summed E-state index contributed by atoms with van der Waals surface area (Å²) in [5.41, 5.74) is 2.68. The monoisotopic (exact) mass is 759 g/mol. The molecule has 0 amide bonds. The van der Waals surface area contributed by atoms with Gasteiger partial charge in [-0.15, -0.1) is 0 Å². The molecule has 0 spiro atoms. The van der Waals surface area contributed by atoms with Crippen molar-refractivity contribution in [3.8, 4) is 11.5 Å². The van der Waals surface area contributed by atoms with E-state index < -0.39 is 5.97 Å². The molecule has 174 valence electrons. The van der Waals surface area contributed by atoms with Gasteiger partial charge < -0.3 is 14.2 Å². The molecule has 3 aromatic carbocycles. The number of aliphatic imine (C=N–C) groups is 1. The fraction of sp³-hybridized carbons (Fsp3) is 0.120. The SMILES string of the molecule is CCOc1cc(/C=C2\N=C(c3ccc(I)c(Br)c3)OC2=O)cc(Br)c1OCc1cccc(Br)c1. The number of nitrogens with zero attached hydrogens (tertiary/aromatic N) is 1. The Balaban J connectivity index is 1.61. The van der Waals surface area contributed by atoms with E-state index in [-0.39, 0.29) is 11.6 Å². The number of rotatable bonds is 7. The quantitative estimate of drug-likeness (QED) is 0.140. The lowest BCUT2D eigenvalue weighted by Gasteiger charge is -2.15. The predicted molar refractivity (Wildman–Crippen MR) is 151 cm³/mol. The Labute approximate surface area is 236 Å². The first-order chi connectivity index (χ1) is 16.3. The van der Waals surface area contributed by atoms with Gasteiger partial charge in [0.2, 0.25) is 5.90 Å². The van der Waals surface area contributed by atoms with Crippen LogP contribution in [0.4, 0.5) is 0 Å². The van der Waals surface area contributed by atoms with E-state index in [1.54, 1.807) is 6.08 Å². The first-order valence-electron chi connectivity index (χ1n) is 10.2. The third-order valence-corrected chi connectivity index (χ3v) is 8.11. The molecule has 0 atom stereocenters. The first kappa shape index (κ1) is 25.4. The number of esters is 1. The molecule has 1 heterocycles. The van der Waals surface area contributed by atoms with Crippen molar-refractivity contribution in [1.82, 2.24) is 0 Å². The summed E-state index contributed by atoms with van der Waals surface area (Å²) in [5.74, 6) is 0.918. The lowest BCUT2D eigenvalue weighted by Crippen LogP contribution is -2.05. The minimum atomic E-state index is -0.506. The highest BCUT2D eigenvalue weighted by molar-refractivity contribution is 14.1. The van der Waals surface area contributed by atoms with Gasteiger partial charge in [0.05, 0.1) is 11.1 Å². The highest BCUT2D eigenvalue weighted by atomic mass is 127. The number of ether oxygens (including phenoxy) is 3. The maximum absolute atomic E-state index is 12.5. The zero-order valence-corrected chi connectivity index (χ0v) is 24.7. The summed E-state index contributed by atoms with van der Waals surface area (Å²) >= 11 is 12.8. The van der Waals surface area contributed by atoms with E-state index in [0.29, 0.717) is 29.2 Å². The standard InChI is InChI=1S/C25H17Br3INO4/c1-2-32-22-11-15(9-19(28)23(22)33-13-14-4-3-5-17(26)8-14)10-21-25(31)34-24(30-21)16-6-7-20(29)18(27)12-16/h3-12H,2,13H2,1H3/b21-10-. The van der Waals surface area contributed by atoms with Gasteiger partial charge in [-0.1, -0.05) is 28.1 Å². The van der Waals surface area contributed by atoms with Crippen LogP contribution in [0.25, 0.3) is 6.08 Å². The zero-order chi connectivity index (χ0) is 24.2. The van der Waals surface area contributed by atoms with Crippen molar-refractivity contribution in [3.63, 3.8) is 0 Å².